The van der Waals surface area contributed by atoms with E-state index in [0.717, 1.165) is 43.3 Å². The molecule has 2 aromatic rings. The number of hydrogen-bond acceptors (Lipinski definition) is 3. The molecule has 2 N–H and O–H groups in total. The van der Waals surface area contributed by atoms with Crippen LogP contribution in [0.25, 0.3) is 0 Å². The smallest absolute Gasteiger partial charge is 0.227 e. The van der Waals surface area contributed by atoms with Crippen LogP contribution in [-0.4, -0.2) is 31.5 Å². The molecule has 1 aliphatic rings. The second-order valence-electron chi connectivity index (χ2n) is 6.81. The van der Waals surface area contributed by atoms with Crippen LogP contribution in [0.5, 0.6) is 0 Å². The average molecular weight is 512 g/mol. The van der Waals surface area contributed by atoms with Crippen LogP contribution in [0.2, 0.25) is 0 Å². The number of aliphatic imine (C=N–C) groups is 1. The van der Waals surface area contributed by atoms with Crippen molar-refractivity contribution >= 4 is 52.9 Å². The lowest BCUT2D eigenvalue weighted by molar-refractivity contribution is -0.117. The molecule has 2 heterocycles. The monoisotopic (exact) mass is 512 g/mol. The minimum Gasteiger partial charge on any atom is -0.357 e. The number of amides is 1. The quantitative estimate of drug-likeness (QED) is 0.330. The third kappa shape index (κ3) is 6.20. The Labute approximate surface area is 188 Å². The zero-order valence-electron chi connectivity index (χ0n) is 16.5. The van der Waals surface area contributed by atoms with Crippen molar-refractivity contribution in [2.75, 3.05) is 24.5 Å². The number of hydrogen-bond donors (Lipinski definition) is 2. The minimum absolute atomic E-state index is 0. The van der Waals surface area contributed by atoms with Gasteiger partial charge in [0.1, 0.15) is 0 Å². The Morgan fingerprint density at radius 1 is 1.25 bits per heavy atom. The van der Waals surface area contributed by atoms with Gasteiger partial charge in [0.15, 0.2) is 5.96 Å². The topological polar surface area (TPSA) is 56.7 Å². The maximum Gasteiger partial charge on any atom is 0.227 e. The van der Waals surface area contributed by atoms with Crippen molar-refractivity contribution in [2.24, 2.45) is 4.99 Å². The largest absolute Gasteiger partial charge is 0.357 e. The Bertz CT molecular complexity index is 761. The van der Waals surface area contributed by atoms with Gasteiger partial charge >= 0.3 is 0 Å². The first kappa shape index (κ1) is 22.7. The summed E-state index contributed by atoms with van der Waals surface area (Å²) in [6.07, 6.45) is 1.61. The van der Waals surface area contributed by atoms with Crippen LogP contribution in [0.3, 0.4) is 0 Å². The summed E-state index contributed by atoms with van der Waals surface area (Å²) in [7, 11) is 0. The molecule has 0 aliphatic carbocycles. The lowest BCUT2D eigenvalue weighted by Crippen LogP contribution is -2.39. The molecule has 152 valence electrons. The Hall–Kier alpha value is -1.61. The Morgan fingerprint density at radius 3 is 2.64 bits per heavy atom. The number of benzene rings is 1. The maximum absolute atomic E-state index is 11.8. The van der Waals surface area contributed by atoms with Gasteiger partial charge in [-0.25, -0.2) is 4.99 Å². The van der Waals surface area contributed by atoms with Crippen LogP contribution in [-0.2, 0) is 11.3 Å². The van der Waals surface area contributed by atoms with E-state index in [1.807, 2.05) is 17.0 Å². The third-order valence-corrected chi connectivity index (χ3v) is 5.79. The molecule has 1 aromatic heterocycles. The van der Waals surface area contributed by atoms with Crippen LogP contribution < -0.4 is 15.5 Å². The van der Waals surface area contributed by atoms with Crippen LogP contribution in [0.4, 0.5) is 5.69 Å². The van der Waals surface area contributed by atoms with Crippen molar-refractivity contribution in [3.05, 3.63) is 52.2 Å². The fourth-order valence-corrected chi connectivity index (χ4v) is 3.92. The first-order valence-corrected chi connectivity index (χ1v) is 10.5. The molecule has 0 bridgehead atoms. The first-order valence-electron chi connectivity index (χ1n) is 9.62. The maximum atomic E-state index is 11.8. The molecule has 1 aromatic carbocycles. The number of anilines is 1. The van der Waals surface area contributed by atoms with Gasteiger partial charge in [-0.1, -0.05) is 25.1 Å². The van der Waals surface area contributed by atoms with Crippen molar-refractivity contribution in [1.29, 1.82) is 0 Å². The fraction of sp³-hybridized carbons (Fsp3) is 0.429. The van der Waals surface area contributed by atoms with E-state index >= 15 is 0 Å². The molecule has 1 aliphatic heterocycles. The number of halogens is 1. The van der Waals surface area contributed by atoms with E-state index < -0.39 is 0 Å². The number of carbonyl (C=O) groups is 1. The summed E-state index contributed by atoms with van der Waals surface area (Å²) in [6.45, 7) is 7.41. The summed E-state index contributed by atoms with van der Waals surface area (Å²) in [4.78, 5) is 19.8. The number of nitrogens with zero attached hydrogens (tertiary/aromatic N) is 2. The van der Waals surface area contributed by atoms with Gasteiger partial charge in [0.25, 0.3) is 0 Å². The number of nitrogens with one attached hydrogen (secondary N) is 2. The van der Waals surface area contributed by atoms with Gasteiger partial charge in [0.2, 0.25) is 5.91 Å². The normalized spacial score (nSPS) is 15.3. The van der Waals surface area contributed by atoms with Gasteiger partial charge in [0.05, 0.1) is 6.54 Å². The predicted molar refractivity (Wildman–Crippen MR) is 129 cm³/mol. The fourth-order valence-electron chi connectivity index (χ4n) is 3.14. The van der Waals surface area contributed by atoms with Crippen molar-refractivity contribution in [1.82, 2.24) is 10.6 Å². The highest BCUT2D eigenvalue weighted by molar-refractivity contribution is 14.0. The zero-order valence-corrected chi connectivity index (χ0v) is 19.6. The molecular weight excluding hydrogens is 483 g/mol. The first-order chi connectivity index (χ1) is 13.2. The summed E-state index contributed by atoms with van der Waals surface area (Å²) in [6, 6.07) is 12.4. The predicted octanol–water partition coefficient (Wildman–Crippen LogP) is 4.35. The Kier molecular flexibility index (Phi) is 9.24. The Balaban J connectivity index is 0.00000280. The molecule has 1 fully saturated rings. The van der Waals surface area contributed by atoms with Crippen molar-refractivity contribution < 1.29 is 4.79 Å². The lowest BCUT2D eigenvalue weighted by Gasteiger charge is -2.16. The highest BCUT2D eigenvalue weighted by atomic mass is 127. The van der Waals surface area contributed by atoms with E-state index in [1.54, 1.807) is 11.3 Å². The molecule has 3 rings (SSSR count). The molecule has 28 heavy (non-hydrogen) atoms. The van der Waals surface area contributed by atoms with E-state index in [2.05, 4.69) is 54.1 Å². The molecule has 1 saturated heterocycles. The summed E-state index contributed by atoms with van der Waals surface area (Å²) in [5, 5.41) is 8.85. The second kappa shape index (κ2) is 11.4. The van der Waals surface area contributed by atoms with Gasteiger partial charge in [-0.3, -0.25) is 4.79 Å². The molecule has 0 radical (unpaired) electrons. The summed E-state index contributed by atoms with van der Waals surface area (Å²) in [5.41, 5.74) is 2.12. The van der Waals surface area contributed by atoms with E-state index in [0.29, 0.717) is 18.9 Å². The second-order valence-corrected chi connectivity index (χ2v) is 7.79. The highest BCUT2D eigenvalue weighted by Gasteiger charge is 2.21. The number of guanidine groups is 1. The van der Waals surface area contributed by atoms with Crippen LogP contribution in [0.15, 0.2) is 46.8 Å². The SMILES string of the molecule is CCNC(=NCc1ccc(N2CCCC2=O)cc1)NCC(C)c1cccs1.I. The van der Waals surface area contributed by atoms with Gasteiger partial charge < -0.3 is 15.5 Å². The summed E-state index contributed by atoms with van der Waals surface area (Å²) < 4.78 is 0. The Morgan fingerprint density at radius 2 is 2.04 bits per heavy atom. The van der Waals surface area contributed by atoms with Gasteiger partial charge in [-0.2, -0.15) is 0 Å². The third-order valence-electron chi connectivity index (χ3n) is 4.69. The number of rotatable bonds is 7. The van der Waals surface area contributed by atoms with Crippen molar-refractivity contribution in [3.8, 4) is 0 Å². The van der Waals surface area contributed by atoms with Crippen LogP contribution in [0.1, 0.15) is 43.0 Å². The van der Waals surface area contributed by atoms with E-state index in [9.17, 15) is 4.79 Å². The summed E-state index contributed by atoms with van der Waals surface area (Å²) >= 11 is 1.79. The minimum atomic E-state index is 0. The number of carbonyl (C=O) groups excluding carboxylic acids is 1. The molecule has 0 spiro atoms. The lowest BCUT2D eigenvalue weighted by atomic mass is 10.1. The highest BCUT2D eigenvalue weighted by Crippen LogP contribution is 2.22. The average Bonchev–Trinajstić information content (AvgIpc) is 3.36. The van der Waals surface area contributed by atoms with E-state index in [1.165, 1.54) is 4.88 Å². The molecule has 1 atom stereocenters. The molecular formula is C21H29IN4OS. The molecule has 1 amide bonds. The van der Waals surface area contributed by atoms with E-state index in [4.69, 9.17) is 4.99 Å². The van der Waals surface area contributed by atoms with Crippen molar-refractivity contribution in [2.45, 2.75) is 39.2 Å². The standard InChI is InChI=1S/C21H28N4OS.HI/c1-3-22-21(23-14-16(2)19-6-5-13-27-19)24-15-17-8-10-18(11-9-17)25-12-4-7-20(25)26;/h5-6,8-11,13,16H,3-4,7,12,14-15H2,1-2H3,(H2,22,23,24);1H. The summed E-state index contributed by atoms with van der Waals surface area (Å²) in [5.74, 6) is 1.50. The van der Waals surface area contributed by atoms with Crippen molar-refractivity contribution in [3.63, 3.8) is 0 Å². The van der Waals surface area contributed by atoms with Crippen LogP contribution >= 0.6 is 35.3 Å². The van der Waals surface area contributed by atoms with Crippen LogP contribution in [0, 0.1) is 0 Å². The molecule has 7 heteroatoms. The molecule has 1 unspecified atom stereocenters. The number of thiophene rings is 1. The van der Waals surface area contributed by atoms with Gasteiger partial charge in [-0.05, 0) is 42.5 Å². The molecule has 0 saturated carbocycles. The van der Waals surface area contributed by atoms with Gasteiger partial charge in [-0.15, -0.1) is 35.3 Å². The van der Waals surface area contributed by atoms with E-state index in [-0.39, 0.29) is 29.9 Å². The molecule has 5 nitrogen and oxygen atoms in total. The zero-order chi connectivity index (χ0) is 19.1. The van der Waals surface area contributed by atoms with Gasteiger partial charge in [0, 0.05) is 42.5 Å².